The molecule has 0 bridgehead atoms. The van der Waals surface area contributed by atoms with Crippen LogP contribution in [0.25, 0.3) is 11.0 Å². The zero-order chi connectivity index (χ0) is 27.8. The molecule has 0 aliphatic rings. The van der Waals surface area contributed by atoms with Crippen molar-refractivity contribution in [3.8, 4) is 5.75 Å². The van der Waals surface area contributed by atoms with E-state index < -0.39 is 25.4 Å². The summed E-state index contributed by atoms with van der Waals surface area (Å²) < 4.78 is 35.9. The minimum Gasteiger partial charge on any atom is -0.468 e. The molecule has 2 atom stereocenters. The second kappa shape index (κ2) is 12.8. The van der Waals surface area contributed by atoms with Crippen LogP contribution in [0.1, 0.15) is 11.1 Å². The number of hydrogen-bond donors (Lipinski definition) is 1. The summed E-state index contributed by atoms with van der Waals surface area (Å²) in [7, 11) is -1.01. The lowest BCUT2D eigenvalue weighted by Crippen LogP contribution is -2.39. The molecule has 0 spiro atoms. The van der Waals surface area contributed by atoms with Crippen LogP contribution in [-0.4, -0.2) is 39.3 Å². The predicted molar refractivity (Wildman–Crippen MR) is 150 cm³/mol. The van der Waals surface area contributed by atoms with Crippen molar-refractivity contribution in [3.63, 3.8) is 0 Å². The molecule has 0 saturated heterocycles. The van der Waals surface area contributed by atoms with Crippen molar-refractivity contribution < 1.29 is 27.6 Å². The van der Waals surface area contributed by atoms with E-state index in [0.717, 1.165) is 16.5 Å². The number of nitrogens with zero attached hydrogens (tertiary/aromatic N) is 1. The molecule has 0 aliphatic carbocycles. The molecule has 1 heterocycles. The number of fused-ring (bicyclic) bond motifs is 1. The molecule has 0 fully saturated rings. The van der Waals surface area contributed by atoms with Crippen LogP contribution >= 0.6 is 7.75 Å². The van der Waals surface area contributed by atoms with Crippen LogP contribution < -0.4 is 20.1 Å². The van der Waals surface area contributed by atoms with Crippen LogP contribution in [0.3, 0.4) is 0 Å². The number of para-hydroxylation sites is 1. The molecule has 4 aromatic rings. The molecule has 1 aromatic heterocycles. The smallest absolute Gasteiger partial charge is 0.459 e. The standard InChI is InChI=1S/C29H31N2O7P/c1-21-14-15-24-26(20-28(32)37-27(24)18-21)31(2)16-17-36-39(34,38-23-12-8-5-9-13-23)30-25(29(33)35-3)19-22-10-6-4-7-11-22/h4-15,18,20,25H,16-17,19H2,1-3H3,(H,30,34). The Morgan fingerprint density at radius 2 is 1.72 bits per heavy atom. The summed E-state index contributed by atoms with van der Waals surface area (Å²) in [5.74, 6) is -0.290. The molecular weight excluding hydrogens is 519 g/mol. The first kappa shape index (κ1) is 28.1. The lowest BCUT2D eigenvalue weighted by Gasteiger charge is -2.26. The van der Waals surface area contributed by atoms with Crippen LogP contribution in [-0.2, 0) is 25.0 Å². The van der Waals surface area contributed by atoms with Gasteiger partial charge < -0.3 is 18.6 Å². The Hall–Kier alpha value is -3.91. The van der Waals surface area contributed by atoms with Gasteiger partial charge in [-0.05, 0) is 48.7 Å². The number of anilines is 1. The van der Waals surface area contributed by atoms with Gasteiger partial charge in [-0.3, -0.25) is 9.32 Å². The predicted octanol–water partition coefficient (Wildman–Crippen LogP) is 5.12. The summed E-state index contributed by atoms with van der Waals surface area (Å²) in [5.41, 5.74) is 2.46. The van der Waals surface area contributed by atoms with Crippen molar-refractivity contribution in [2.45, 2.75) is 19.4 Å². The number of nitrogens with one attached hydrogen (secondary N) is 1. The lowest BCUT2D eigenvalue weighted by molar-refractivity contribution is -0.142. The van der Waals surface area contributed by atoms with Gasteiger partial charge in [0.1, 0.15) is 17.4 Å². The highest BCUT2D eigenvalue weighted by molar-refractivity contribution is 7.52. The van der Waals surface area contributed by atoms with E-state index in [9.17, 15) is 14.2 Å². The fraction of sp³-hybridized carbons (Fsp3) is 0.241. The van der Waals surface area contributed by atoms with Crippen LogP contribution in [0.5, 0.6) is 5.75 Å². The molecule has 0 radical (unpaired) electrons. The maximum absolute atomic E-state index is 14.0. The van der Waals surface area contributed by atoms with Gasteiger partial charge in [-0.2, -0.15) is 5.09 Å². The summed E-state index contributed by atoms with van der Waals surface area (Å²) in [6.07, 6.45) is 0.212. The fourth-order valence-electron chi connectivity index (χ4n) is 4.06. The number of hydrogen-bond acceptors (Lipinski definition) is 8. The van der Waals surface area contributed by atoms with Crippen molar-refractivity contribution in [1.29, 1.82) is 0 Å². The van der Waals surface area contributed by atoms with E-state index in [1.165, 1.54) is 13.2 Å². The summed E-state index contributed by atoms with van der Waals surface area (Å²) in [5, 5.41) is 3.55. The second-order valence-electron chi connectivity index (χ2n) is 9.00. The third kappa shape index (κ3) is 7.57. The zero-order valence-electron chi connectivity index (χ0n) is 22.0. The topological polar surface area (TPSA) is 107 Å². The Balaban J connectivity index is 1.54. The minimum atomic E-state index is -4.07. The van der Waals surface area contributed by atoms with Gasteiger partial charge >= 0.3 is 19.3 Å². The van der Waals surface area contributed by atoms with E-state index >= 15 is 0 Å². The Bertz CT molecular complexity index is 1510. The second-order valence-corrected chi connectivity index (χ2v) is 10.7. The number of benzene rings is 3. The highest BCUT2D eigenvalue weighted by Crippen LogP contribution is 2.45. The van der Waals surface area contributed by atoms with E-state index in [-0.39, 0.29) is 19.6 Å². The monoisotopic (exact) mass is 550 g/mol. The number of carbonyl (C=O) groups excluding carboxylic acids is 1. The largest absolute Gasteiger partial charge is 0.468 e. The number of esters is 1. The Morgan fingerprint density at radius 1 is 1.03 bits per heavy atom. The van der Waals surface area contributed by atoms with Gasteiger partial charge in [0.05, 0.1) is 19.4 Å². The maximum Gasteiger partial charge on any atom is 0.459 e. The number of carbonyl (C=O) groups is 1. The van der Waals surface area contributed by atoms with Crippen molar-refractivity contribution in [3.05, 3.63) is 106 Å². The zero-order valence-corrected chi connectivity index (χ0v) is 22.9. The summed E-state index contributed by atoms with van der Waals surface area (Å²) in [6.45, 7) is 2.14. The van der Waals surface area contributed by atoms with Crippen molar-refractivity contribution in [2.75, 3.05) is 32.2 Å². The van der Waals surface area contributed by atoms with Gasteiger partial charge in [-0.15, -0.1) is 0 Å². The van der Waals surface area contributed by atoms with E-state index in [1.54, 1.807) is 43.4 Å². The van der Waals surface area contributed by atoms with Gasteiger partial charge in [0, 0.05) is 25.0 Å². The Kier molecular flexibility index (Phi) is 9.19. The maximum atomic E-state index is 14.0. The first-order chi connectivity index (χ1) is 18.8. The van der Waals surface area contributed by atoms with E-state index in [4.69, 9.17) is 18.2 Å². The van der Waals surface area contributed by atoms with Crippen LogP contribution in [0, 0.1) is 6.92 Å². The van der Waals surface area contributed by atoms with E-state index in [0.29, 0.717) is 17.0 Å². The number of ether oxygens (including phenoxy) is 1. The third-order valence-corrected chi connectivity index (χ3v) is 7.63. The summed E-state index contributed by atoms with van der Waals surface area (Å²) in [4.78, 5) is 26.6. The third-order valence-electron chi connectivity index (χ3n) is 6.03. The van der Waals surface area contributed by atoms with Gasteiger partial charge in [0.2, 0.25) is 0 Å². The van der Waals surface area contributed by atoms with Crippen molar-refractivity contribution in [2.24, 2.45) is 0 Å². The number of methoxy groups -OCH3 is 1. The van der Waals surface area contributed by atoms with Gasteiger partial charge in [-0.25, -0.2) is 9.36 Å². The molecule has 9 nitrogen and oxygen atoms in total. The summed E-state index contributed by atoms with van der Waals surface area (Å²) in [6, 6.07) is 23.9. The highest BCUT2D eigenvalue weighted by atomic mass is 31.2. The first-order valence-corrected chi connectivity index (χ1v) is 13.9. The number of rotatable bonds is 12. The van der Waals surface area contributed by atoms with Crippen LogP contribution in [0.4, 0.5) is 5.69 Å². The van der Waals surface area contributed by atoms with Crippen molar-refractivity contribution >= 4 is 30.4 Å². The molecule has 2 unspecified atom stereocenters. The van der Waals surface area contributed by atoms with Crippen LogP contribution in [0.15, 0.2) is 94.1 Å². The average molecular weight is 551 g/mol. The Morgan fingerprint density at radius 3 is 2.41 bits per heavy atom. The van der Waals surface area contributed by atoms with Crippen LogP contribution in [0.2, 0.25) is 0 Å². The molecule has 204 valence electrons. The molecule has 10 heteroatoms. The minimum absolute atomic E-state index is 0.0412. The average Bonchev–Trinajstić information content (AvgIpc) is 2.92. The number of likely N-dealkylation sites (N-methyl/N-ethyl adjacent to an activating group) is 1. The lowest BCUT2D eigenvalue weighted by atomic mass is 10.1. The molecule has 39 heavy (non-hydrogen) atoms. The molecule has 0 saturated carbocycles. The first-order valence-electron chi connectivity index (χ1n) is 12.4. The van der Waals surface area contributed by atoms with E-state index in [2.05, 4.69) is 5.09 Å². The molecule has 4 rings (SSSR count). The van der Waals surface area contributed by atoms with E-state index in [1.807, 2.05) is 54.3 Å². The molecule has 0 amide bonds. The molecule has 0 aliphatic heterocycles. The quantitative estimate of drug-likeness (QED) is 0.146. The Labute approximate surface area is 226 Å². The van der Waals surface area contributed by atoms with Crippen molar-refractivity contribution in [1.82, 2.24) is 5.09 Å². The van der Waals surface area contributed by atoms with Gasteiger partial charge in [-0.1, -0.05) is 54.6 Å². The van der Waals surface area contributed by atoms with Gasteiger partial charge in [0.15, 0.2) is 0 Å². The van der Waals surface area contributed by atoms with Gasteiger partial charge in [0.25, 0.3) is 0 Å². The molecule has 3 aromatic carbocycles. The SMILES string of the molecule is COC(=O)C(Cc1ccccc1)NP(=O)(OCCN(C)c1cc(=O)oc2cc(C)ccc12)Oc1ccccc1. The molecule has 1 N–H and O–H groups in total. The highest BCUT2D eigenvalue weighted by Gasteiger charge is 2.34. The fourth-order valence-corrected chi connectivity index (χ4v) is 5.54. The normalized spacial score (nSPS) is 13.4. The summed E-state index contributed by atoms with van der Waals surface area (Å²) >= 11 is 0. The molecular formula is C29H31N2O7P. The number of aryl methyl sites for hydroxylation is 1.